The van der Waals surface area contributed by atoms with Gasteiger partial charge in [-0.05, 0) is 59.6 Å². The fraction of sp³-hybridized carbons (Fsp3) is 0.458. The molecule has 0 saturated carbocycles. The molecule has 1 spiro atoms. The average molecular weight is 431 g/mol. The lowest BCUT2D eigenvalue weighted by molar-refractivity contribution is -0.178. The number of aliphatic hydroxyl groups excluding tert-OH is 1. The highest BCUT2D eigenvalue weighted by atomic mass is 35.5. The lowest BCUT2D eigenvalue weighted by atomic mass is 9.84. The van der Waals surface area contributed by atoms with Gasteiger partial charge in [-0.3, -0.25) is 0 Å². The third kappa shape index (κ3) is 4.34. The van der Waals surface area contributed by atoms with Gasteiger partial charge >= 0.3 is 6.16 Å². The first-order chi connectivity index (χ1) is 14.4. The zero-order valence-electron chi connectivity index (χ0n) is 17.1. The SMILES string of the molecule is CCc1ccc(Cc2cc3c(cc2Cl)CC[C@@]32CC(O)CC(COC(=O)O)O2)cc1. The number of rotatable bonds is 5. The summed E-state index contributed by atoms with van der Waals surface area (Å²) in [6, 6.07) is 12.7. The van der Waals surface area contributed by atoms with Crippen LogP contribution < -0.4 is 0 Å². The zero-order chi connectivity index (χ0) is 21.3. The van der Waals surface area contributed by atoms with E-state index in [1.54, 1.807) is 0 Å². The van der Waals surface area contributed by atoms with Gasteiger partial charge in [-0.25, -0.2) is 4.79 Å². The third-order valence-electron chi connectivity index (χ3n) is 6.27. The molecule has 0 radical (unpaired) electrons. The summed E-state index contributed by atoms with van der Waals surface area (Å²) in [5.41, 5.74) is 5.10. The Morgan fingerprint density at radius 3 is 2.70 bits per heavy atom. The van der Waals surface area contributed by atoms with Crippen LogP contribution in [0.3, 0.4) is 0 Å². The zero-order valence-corrected chi connectivity index (χ0v) is 17.8. The van der Waals surface area contributed by atoms with E-state index in [0.717, 1.165) is 47.4 Å². The van der Waals surface area contributed by atoms with Crippen LogP contribution in [0.15, 0.2) is 36.4 Å². The second-order valence-corrected chi connectivity index (χ2v) is 8.76. The predicted octanol–water partition coefficient (Wildman–Crippen LogP) is 4.87. The van der Waals surface area contributed by atoms with Gasteiger partial charge in [0.2, 0.25) is 0 Å². The lowest BCUT2D eigenvalue weighted by Gasteiger charge is -2.41. The molecule has 5 nitrogen and oxygen atoms in total. The van der Waals surface area contributed by atoms with Crippen LogP contribution in [0.5, 0.6) is 0 Å². The van der Waals surface area contributed by atoms with Crippen molar-refractivity contribution in [3.05, 3.63) is 69.2 Å². The summed E-state index contributed by atoms with van der Waals surface area (Å²) in [6.07, 6.45) is 1.81. The van der Waals surface area contributed by atoms with Crippen molar-refractivity contribution in [3.63, 3.8) is 0 Å². The van der Waals surface area contributed by atoms with Crippen LogP contribution in [0.4, 0.5) is 4.79 Å². The van der Waals surface area contributed by atoms with Crippen LogP contribution in [0, 0.1) is 0 Å². The molecule has 2 aromatic carbocycles. The molecule has 1 saturated heterocycles. The van der Waals surface area contributed by atoms with Crippen LogP contribution in [-0.4, -0.2) is 35.2 Å². The van der Waals surface area contributed by atoms with Gasteiger partial charge in [0.25, 0.3) is 0 Å². The van der Waals surface area contributed by atoms with Gasteiger partial charge in [-0.1, -0.05) is 48.9 Å². The number of aryl methyl sites for hydroxylation is 2. The molecule has 1 aliphatic heterocycles. The Bertz CT molecular complexity index is 926. The molecule has 0 amide bonds. The van der Waals surface area contributed by atoms with Gasteiger partial charge in [0.05, 0.1) is 17.8 Å². The minimum Gasteiger partial charge on any atom is -0.450 e. The van der Waals surface area contributed by atoms with Crippen molar-refractivity contribution < 1.29 is 24.5 Å². The molecular weight excluding hydrogens is 404 g/mol. The first kappa shape index (κ1) is 21.2. The number of aliphatic hydroxyl groups is 1. The van der Waals surface area contributed by atoms with Gasteiger partial charge in [0, 0.05) is 17.9 Å². The quantitative estimate of drug-likeness (QED) is 0.662. The minimum absolute atomic E-state index is 0.0757. The summed E-state index contributed by atoms with van der Waals surface area (Å²) in [7, 11) is 0. The monoisotopic (exact) mass is 430 g/mol. The minimum atomic E-state index is -1.33. The van der Waals surface area contributed by atoms with E-state index in [4.69, 9.17) is 26.2 Å². The second kappa shape index (κ2) is 8.58. The Morgan fingerprint density at radius 1 is 1.27 bits per heavy atom. The maximum absolute atomic E-state index is 10.8. The molecule has 2 aliphatic rings. The fourth-order valence-electron chi connectivity index (χ4n) is 4.79. The molecular formula is C24H27ClO5. The number of carbonyl (C=O) groups is 1. The molecule has 160 valence electrons. The highest BCUT2D eigenvalue weighted by Crippen LogP contribution is 2.48. The van der Waals surface area contributed by atoms with Gasteiger partial charge in [0.15, 0.2) is 0 Å². The summed E-state index contributed by atoms with van der Waals surface area (Å²) in [6.45, 7) is 2.06. The largest absolute Gasteiger partial charge is 0.505 e. The smallest absolute Gasteiger partial charge is 0.450 e. The van der Waals surface area contributed by atoms with Crippen LogP contribution in [0.1, 0.15) is 54.0 Å². The summed E-state index contributed by atoms with van der Waals surface area (Å²) < 4.78 is 11.1. The molecule has 0 aromatic heterocycles. The summed E-state index contributed by atoms with van der Waals surface area (Å²) in [5.74, 6) is 0. The van der Waals surface area contributed by atoms with Crippen molar-refractivity contribution in [1.82, 2.24) is 0 Å². The number of hydrogen-bond acceptors (Lipinski definition) is 4. The van der Waals surface area contributed by atoms with Crippen molar-refractivity contribution in [2.45, 2.75) is 63.3 Å². The van der Waals surface area contributed by atoms with Crippen molar-refractivity contribution in [2.75, 3.05) is 6.61 Å². The fourth-order valence-corrected chi connectivity index (χ4v) is 5.05. The number of benzene rings is 2. The molecule has 3 atom stereocenters. The van der Waals surface area contributed by atoms with E-state index in [9.17, 15) is 9.90 Å². The predicted molar refractivity (Wildman–Crippen MR) is 114 cm³/mol. The lowest BCUT2D eigenvalue weighted by Crippen LogP contribution is -2.44. The normalized spacial score (nSPS) is 25.3. The number of fused-ring (bicyclic) bond motifs is 2. The third-order valence-corrected chi connectivity index (χ3v) is 6.62. The van der Waals surface area contributed by atoms with E-state index in [1.807, 2.05) is 6.07 Å². The Morgan fingerprint density at radius 2 is 2.00 bits per heavy atom. The van der Waals surface area contributed by atoms with Crippen molar-refractivity contribution in [3.8, 4) is 0 Å². The van der Waals surface area contributed by atoms with Crippen LogP contribution in [-0.2, 0) is 34.3 Å². The number of hydrogen-bond donors (Lipinski definition) is 2. The van der Waals surface area contributed by atoms with Gasteiger partial charge in [-0.2, -0.15) is 0 Å². The van der Waals surface area contributed by atoms with Crippen molar-refractivity contribution >= 4 is 17.8 Å². The number of carboxylic acid groups (broad SMARTS) is 1. The second-order valence-electron chi connectivity index (χ2n) is 8.35. The summed E-state index contributed by atoms with van der Waals surface area (Å²) >= 11 is 6.61. The van der Waals surface area contributed by atoms with E-state index in [1.165, 1.54) is 11.1 Å². The molecule has 2 aromatic rings. The first-order valence-corrected chi connectivity index (χ1v) is 10.9. The standard InChI is InChI=1S/C24H27ClO5/c1-2-15-3-5-16(6-4-15)9-18-10-21-17(11-22(18)25)7-8-24(21)13-19(26)12-20(30-24)14-29-23(27)28/h3-6,10-11,19-20,26H,2,7-9,12-14H2,1H3,(H,27,28)/t19?,20?,24-/m1/s1. The van der Waals surface area contributed by atoms with E-state index in [2.05, 4.69) is 37.3 Å². The molecule has 6 heteroatoms. The Labute approximate surface area is 181 Å². The topological polar surface area (TPSA) is 76.0 Å². The van der Waals surface area contributed by atoms with E-state index in [-0.39, 0.29) is 6.61 Å². The van der Waals surface area contributed by atoms with Crippen molar-refractivity contribution in [2.24, 2.45) is 0 Å². The Balaban J connectivity index is 1.61. The Hall–Kier alpha value is -2.08. The number of halogens is 1. The van der Waals surface area contributed by atoms with E-state index >= 15 is 0 Å². The molecule has 4 rings (SSSR count). The van der Waals surface area contributed by atoms with Gasteiger partial charge in [0.1, 0.15) is 6.61 Å². The number of ether oxygens (including phenoxy) is 2. The average Bonchev–Trinajstić information content (AvgIpc) is 3.03. The highest BCUT2D eigenvalue weighted by Gasteiger charge is 2.47. The molecule has 1 aliphatic carbocycles. The first-order valence-electron chi connectivity index (χ1n) is 10.5. The maximum Gasteiger partial charge on any atom is 0.505 e. The molecule has 1 heterocycles. The van der Waals surface area contributed by atoms with Crippen molar-refractivity contribution in [1.29, 1.82) is 0 Å². The maximum atomic E-state index is 10.8. The summed E-state index contributed by atoms with van der Waals surface area (Å²) in [5, 5.41) is 20.0. The molecule has 0 bridgehead atoms. The van der Waals surface area contributed by atoms with E-state index < -0.39 is 24.0 Å². The molecule has 30 heavy (non-hydrogen) atoms. The highest BCUT2D eigenvalue weighted by molar-refractivity contribution is 6.31. The molecule has 1 fully saturated rings. The Kier molecular flexibility index (Phi) is 6.05. The van der Waals surface area contributed by atoms with Crippen LogP contribution >= 0.6 is 11.6 Å². The van der Waals surface area contributed by atoms with E-state index in [0.29, 0.717) is 12.8 Å². The van der Waals surface area contributed by atoms with Crippen LogP contribution in [0.2, 0.25) is 5.02 Å². The molecule has 2 N–H and O–H groups in total. The summed E-state index contributed by atoms with van der Waals surface area (Å²) in [4.78, 5) is 10.8. The van der Waals surface area contributed by atoms with Crippen LogP contribution in [0.25, 0.3) is 0 Å². The van der Waals surface area contributed by atoms with Gasteiger partial charge < -0.3 is 19.7 Å². The van der Waals surface area contributed by atoms with Gasteiger partial charge in [-0.15, -0.1) is 0 Å². The molecule has 2 unspecified atom stereocenters.